The number of nitrogens with zero attached hydrogens (tertiary/aromatic N) is 1. The van der Waals surface area contributed by atoms with Gasteiger partial charge in [0.15, 0.2) is 0 Å². The molecule has 1 amide bonds. The largest absolute Gasteiger partial charge is 0.340 e. The van der Waals surface area contributed by atoms with E-state index in [4.69, 9.17) is 0 Å². The average molecular weight is 223 g/mol. The van der Waals surface area contributed by atoms with Gasteiger partial charge in [-0.05, 0) is 38.1 Å². The van der Waals surface area contributed by atoms with Crippen LogP contribution in [0.4, 0.5) is 0 Å². The van der Waals surface area contributed by atoms with Crippen LogP contribution in [0.3, 0.4) is 0 Å². The first kappa shape index (κ1) is 11.2. The molecule has 0 saturated carbocycles. The lowest BCUT2D eigenvalue weighted by molar-refractivity contribution is 0.0525. The fraction of sp³-hybridized carbons (Fsp3) is 0.545. The van der Waals surface area contributed by atoms with Gasteiger partial charge in [-0.1, -0.05) is 0 Å². The van der Waals surface area contributed by atoms with Crippen LogP contribution in [0, 0.1) is 0 Å². The number of piperidine rings is 1. The number of rotatable bonds is 3. The molecule has 1 aromatic rings. The topological polar surface area (TPSA) is 55.3 Å². The van der Waals surface area contributed by atoms with Gasteiger partial charge in [-0.3, -0.25) is 9.63 Å². The molecule has 1 aromatic heterocycles. The Bertz CT molecular complexity index is 356. The molecular formula is C11H17N3O2. The van der Waals surface area contributed by atoms with E-state index in [0.29, 0.717) is 11.7 Å². The van der Waals surface area contributed by atoms with Crippen molar-refractivity contribution in [2.75, 3.05) is 20.2 Å². The summed E-state index contributed by atoms with van der Waals surface area (Å²) in [5.41, 5.74) is 3.01. The molecule has 1 saturated heterocycles. The highest BCUT2D eigenvalue weighted by Crippen LogP contribution is 2.21. The van der Waals surface area contributed by atoms with Crippen molar-refractivity contribution < 1.29 is 9.63 Å². The van der Waals surface area contributed by atoms with Crippen molar-refractivity contribution in [3.05, 3.63) is 24.0 Å². The molecule has 88 valence electrons. The maximum Gasteiger partial charge on any atom is 0.291 e. The summed E-state index contributed by atoms with van der Waals surface area (Å²) in [6.07, 6.45) is 4.07. The Labute approximate surface area is 94.7 Å². The molecule has 1 aliphatic heterocycles. The van der Waals surface area contributed by atoms with Crippen LogP contribution in [0.5, 0.6) is 0 Å². The minimum atomic E-state index is -0.189. The number of aromatic nitrogens is 1. The Hall–Kier alpha value is -1.33. The SMILES string of the molecule is CONC(=O)c1cccn1C1CCNCC1. The highest BCUT2D eigenvalue weighted by atomic mass is 16.6. The second-order valence-electron chi connectivity index (χ2n) is 3.92. The van der Waals surface area contributed by atoms with Gasteiger partial charge in [0.05, 0.1) is 7.11 Å². The predicted molar refractivity (Wildman–Crippen MR) is 60.0 cm³/mol. The monoisotopic (exact) mass is 223 g/mol. The fourth-order valence-corrected chi connectivity index (χ4v) is 2.13. The van der Waals surface area contributed by atoms with Crippen molar-refractivity contribution in [1.29, 1.82) is 0 Å². The highest BCUT2D eigenvalue weighted by Gasteiger charge is 2.19. The molecule has 0 radical (unpaired) electrons. The van der Waals surface area contributed by atoms with E-state index in [0.717, 1.165) is 25.9 Å². The van der Waals surface area contributed by atoms with Crippen LogP contribution in [-0.4, -0.2) is 30.7 Å². The minimum absolute atomic E-state index is 0.189. The number of hydrogen-bond donors (Lipinski definition) is 2. The minimum Gasteiger partial charge on any atom is -0.340 e. The molecule has 0 aliphatic carbocycles. The Balaban J connectivity index is 2.14. The average Bonchev–Trinajstić information content (AvgIpc) is 2.79. The zero-order valence-electron chi connectivity index (χ0n) is 9.40. The molecule has 1 fully saturated rings. The molecule has 0 bridgehead atoms. The first-order valence-corrected chi connectivity index (χ1v) is 5.54. The summed E-state index contributed by atoms with van der Waals surface area (Å²) in [6, 6.07) is 4.12. The number of nitrogens with one attached hydrogen (secondary N) is 2. The first-order valence-electron chi connectivity index (χ1n) is 5.54. The van der Waals surface area contributed by atoms with Crippen molar-refractivity contribution in [3.8, 4) is 0 Å². The van der Waals surface area contributed by atoms with E-state index in [1.807, 2.05) is 22.9 Å². The highest BCUT2D eigenvalue weighted by molar-refractivity contribution is 5.92. The molecular weight excluding hydrogens is 206 g/mol. The lowest BCUT2D eigenvalue weighted by atomic mass is 10.1. The van der Waals surface area contributed by atoms with Gasteiger partial charge in [-0.25, -0.2) is 5.48 Å². The first-order chi connectivity index (χ1) is 7.83. The zero-order valence-corrected chi connectivity index (χ0v) is 9.40. The maximum atomic E-state index is 11.7. The van der Waals surface area contributed by atoms with Crippen LogP contribution in [0.15, 0.2) is 18.3 Å². The number of carbonyl (C=O) groups excluding carboxylic acids is 1. The van der Waals surface area contributed by atoms with E-state index in [1.165, 1.54) is 7.11 Å². The second-order valence-corrected chi connectivity index (χ2v) is 3.92. The van der Waals surface area contributed by atoms with E-state index >= 15 is 0 Å². The Kier molecular flexibility index (Phi) is 3.58. The van der Waals surface area contributed by atoms with Crippen LogP contribution in [0.1, 0.15) is 29.4 Å². The third-order valence-electron chi connectivity index (χ3n) is 2.91. The molecule has 0 aromatic carbocycles. The maximum absolute atomic E-state index is 11.7. The molecule has 0 unspecified atom stereocenters. The van der Waals surface area contributed by atoms with Crippen molar-refractivity contribution >= 4 is 5.91 Å². The van der Waals surface area contributed by atoms with E-state index < -0.39 is 0 Å². The molecule has 5 nitrogen and oxygen atoms in total. The van der Waals surface area contributed by atoms with Crippen LogP contribution in [-0.2, 0) is 4.84 Å². The van der Waals surface area contributed by atoms with Crippen molar-refractivity contribution in [2.24, 2.45) is 0 Å². The molecule has 16 heavy (non-hydrogen) atoms. The van der Waals surface area contributed by atoms with Gasteiger partial charge in [0.1, 0.15) is 5.69 Å². The lowest BCUT2D eigenvalue weighted by Gasteiger charge is -2.25. The van der Waals surface area contributed by atoms with Gasteiger partial charge >= 0.3 is 0 Å². The molecule has 5 heteroatoms. The van der Waals surface area contributed by atoms with Gasteiger partial charge in [-0.15, -0.1) is 0 Å². The summed E-state index contributed by atoms with van der Waals surface area (Å²) < 4.78 is 2.04. The summed E-state index contributed by atoms with van der Waals surface area (Å²) in [7, 11) is 1.44. The predicted octanol–water partition coefficient (Wildman–Crippen LogP) is 0.704. The quantitative estimate of drug-likeness (QED) is 0.742. The van der Waals surface area contributed by atoms with E-state index in [-0.39, 0.29) is 5.91 Å². The summed E-state index contributed by atoms with van der Waals surface area (Å²) in [5.74, 6) is -0.189. The van der Waals surface area contributed by atoms with Crippen molar-refractivity contribution in [3.63, 3.8) is 0 Å². The molecule has 2 heterocycles. The summed E-state index contributed by atoms with van der Waals surface area (Å²) >= 11 is 0. The smallest absolute Gasteiger partial charge is 0.291 e. The van der Waals surface area contributed by atoms with Crippen LogP contribution in [0.25, 0.3) is 0 Å². The Morgan fingerprint density at radius 3 is 3.00 bits per heavy atom. The van der Waals surface area contributed by atoms with Crippen molar-refractivity contribution in [2.45, 2.75) is 18.9 Å². The molecule has 1 aliphatic rings. The lowest BCUT2D eigenvalue weighted by Crippen LogP contribution is -2.32. The summed E-state index contributed by atoms with van der Waals surface area (Å²) in [4.78, 5) is 16.3. The van der Waals surface area contributed by atoms with E-state index in [1.54, 1.807) is 0 Å². The zero-order chi connectivity index (χ0) is 11.4. The Morgan fingerprint density at radius 1 is 1.56 bits per heavy atom. The normalized spacial score (nSPS) is 17.3. The van der Waals surface area contributed by atoms with Crippen LogP contribution >= 0.6 is 0 Å². The second kappa shape index (κ2) is 5.14. The standard InChI is InChI=1S/C11H17N3O2/c1-16-13-11(15)10-3-2-8-14(10)9-4-6-12-7-5-9/h2-3,8-9,12H,4-7H2,1H3,(H,13,15). The fourth-order valence-electron chi connectivity index (χ4n) is 2.13. The molecule has 2 rings (SSSR count). The summed E-state index contributed by atoms with van der Waals surface area (Å²) in [6.45, 7) is 2.02. The number of carbonyl (C=O) groups is 1. The van der Waals surface area contributed by atoms with E-state index in [9.17, 15) is 4.79 Å². The molecule has 0 atom stereocenters. The summed E-state index contributed by atoms with van der Waals surface area (Å²) in [5, 5.41) is 3.31. The van der Waals surface area contributed by atoms with Gasteiger partial charge < -0.3 is 9.88 Å². The van der Waals surface area contributed by atoms with Gasteiger partial charge in [0.25, 0.3) is 5.91 Å². The van der Waals surface area contributed by atoms with Gasteiger partial charge in [0.2, 0.25) is 0 Å². The van der Waals surface area contributed by atoms with E-state index in [2.05, 4.69) is 15.6 Å². The van der Waals surface area contributed by atoms with Crippen LogP contribution in [0.2, 0.25) is 0 Å². The van der Waals surface area contributed by atoms with Crippen LogP contribution < -0.4 is 10.8 Å². The Morgan fingerprint density at radius 2 is 2.31 bits per heavy atom. The molecule has 0 spiro atoms. The number of amides is 1. The number of hydroxylamine groups is 1. The van der Waals surface area contributed by atoms with Gasteiger partial charge in [-0.2, -0.15) is 0 Å². The third-order valence-corrected chi connectivity index (χ3v) is 2.91. The van der Waals surface area contributed by atoms with Gasteiger partial charge in [0, 0.05) is 12.2 Å². The molecule has 2 N–H and O–H groups in total. The van der Waals surface area contributed by atoms with Crippen molar-refractivity contribution in [1.82, 2.24) is 15.4 Å². The third kappa shape index (κ3) is 2.25. The number of hydrogen-bond acceptors (Lipinski definition) is 3.